The van der Waals surface area contributed by atoms with Gasteiger partial charge in [0.05, 0.1) is 23.8 Å². The SMILES string of the molecule is COc1cc([N+](=O)[O-])ccc1NC(=O)c1cc(=O)[nH][nH]1. The first-order chi connectivity index (χ1) is 9.51. The highest BCUT2D eigenvalue weighted by molar-refractivity contribution is 6.03. The summed E-state index contributed by atoms with van der Waals surface area (Å²) in [4.78, 5) is 32.8. The van der Waals surface area contributed by atoms with Gasteiger partial charge in [-0.2, -0.15) is 0 Å². The van der Waals surface area contributed by atoms with Crippen LogP contribution in [0.1, 0.15) is 10.5 Å². The van der Waals surface area contributed by atoms with Crippen molar-refractivity contribution in [3.8, 4) is 5.75 Å². The number of hydrogen-bond acceptors (Lipinski definition) is 5. The van der Waals surface area contributed by atoms with Crippen molar-refractivity contribution in [3.05, 3.63) is 50.4 Å². The highest BCUT2D eigenvalue weighted by Gasteiger charge is 2.15. The molecule has 0 atom stereocenters. The van der Waals surface area contributed by atoms with E-state index in [-0.39, 0.29) is 22.8 Å². The molecule has 1 aromatic carbocycles. The molecule has 0 bridgehead atoms. The number of aromatic nitrogens is 2. The van der Waals surface area contributed by atoms with Crippen molar-refractivity contribution in [1.82, 2.24) is 10.2 Å². The summed E-state index contributed by atoms with van der Waals surface area (Å²) in [5.74, 6) is -0.430. The third kappa shape index (κ3) is 2.66. The monoisotopic (exact) mass is 278 g/mol. The molecular formula is C11H10N4O5. The van der Waals surface area contributed by atoms with E-state index in [1.807, 2.05) is 0 Å². The van der Waals surface area contributed by atoms with Crippen molar-refractivity contribution in [2.75, 3.05) is 12.4 Å². The van der Waals surface area contributed by atoms with Crippen molar-refractivity contribution in [3.63, 3.8) is 0 Å². The van der Waals surface area contributed by atoms with E-state index >= 15 is 0 Å². The van der Waals surface area contributed by atoms with Gasteiger partial charge >= 0.3 is 0 Å². The lowest BCUT2D eigenvalue weighted by Crippen LogP contribution is -2.13. The van der Waals surface area contributed by atoms with Gasteiger partial charge in [-0.25, -0.2) is 0 Å². The fourth-order valence-electron chi connectivity index (χ4n) is 1.54. The molecule has 9 nitrogen and oxygen atoms in total. The maximum Gasteiger partial charge on any atom is 0.273 e. The van der Waals surface area contributed by atoms with Gasteiger partial charge in [-0.15, -0.1) is 0 Å². The lowest BCUT2D eigenvalue weighted by Gasteiger charge is -2.08. The minimum Gasteiger partial charge on any atom is -0.494 e. The second-order valence-corrected chi connectivity index (χ2v) is 3.77. The van der Waals surface area contributed by atoms with E-state index in [0.29, 0.717) is 0 Å². The van der Waals surface area contributed by atoms with Crippen molar-refractivity contribution in [2.45, 2.75) is 0 Å². The third-order valence-electron chi connectivity index (χ3n) is 2.48. The van der Waals surface area contributed by atoms with Crippen molar-refractivity contribution in [1.29, 1.82) is 0 Å². The number of nitro groups is 1. The van der Waals surface area contributed by atoms with Gasteiger partial charge in [0.15, 0.2) is 0 Å². The van der Waals surface area contributed by atoms with Crippen LogP contribution >= 0.6 is 0 Å². The van der Waals surface area contributed by atoms with Crippen LogP contribution in [-0.4, -0.2) is 28.1 Å². The fraction of sp³-hybridized carbons (Fsp3) is 0.0909. The minimum absolute atomic E-state index is 0.0374. The van der Waals surface area contributed by atoms with E-state index in [1.165, 1.54) is 25.3 Å². The van der Waals surface area contributed by atoms with E-state index < -0.39 is 16.4 Å². The molecule has 0 unspecified atom stereocenters. The number of carbonyl (C=O) groups excluding carboxylic acids is 1. The molecule has 0 saturated carbocycles. The summed E-state index contributed by atoms with van der Waals surface area (Å²) in [5, 5.41) is 17.7. The smallest absolute Gasteiger partial charge is 0.273 e. The number of amides is 1. The summed E-state index contributed by atoms with van der Waals surface area (Å²) in [7, 11) is 1.33. The highest BCUT2D eigenvalue weighted by Crippen LogP contribution is 2.29. The topological polar surface area (TPSA) is 130 Å². The Morgan fingerprint density at radius 2 is 2.10 bits per heavy atom. The number of ether oxygens (including phenoxy) is 1. The minimum atomic E-state index is -0.574. The molecule has 0 aliphatic rings. The van der Waals surface area contributed by atoms with Gasteiger partial charge in [-0.3, -0.25) is 29.9 Å². The molecule has 0 radical (unpaired) electrons. The first kappa shape index (κ1) is 13.3. The van der Waals surface area contributed by atoms with Crippen LogP contribution < -0.4 is 15.6 Å². The number of benzene rings is 1. The highest BCUT2D eigenvalue weighted by atomic mass is 16.6. The second kappa shape index (κ2) is 5.26. The Labute approximate surface area is 111 Å². The number of nitrogens with one attached hydrogen (secondary N) is 3. The number of non-ortho nitro benzene ring substituents is 1. The summed E-state index contributed by atoms with van der Waals surface area (Å²) in [6.07, 6.45) is 0. The van der Waals surface area contributed by atoms with Crippen LogP contribution in [0.25, 0.3) is 0 Å². The van der Waals surface area contributed by atoms with Gasteiger partial charge in [0.25, 0.3) is 17.2 Å². The van der Waals surface area contributed by atoms with E-state index in [9.17, 15) is 19.7 Å². The number of carbonyl (C=O) groups is 1. The van der Waals surface area contributed by atoms with Gasteiger partial charge in [-0.05, 0) is 6.07 Å². The number of rotatable bonds is 4. The first-order valence-electron chi connectivity index (χ1n) is 5.42. The third-order valence-corrected chi connectivity index (χ3v) is 2.48. The molecule has 9 heteroatoms. The van der Waals surface area contributed by atoms with E-state index in [4.69, 9.17) is 4.74 Å². The molecule has 0 aliphatic heterocycles. The number of aromatic amines is 2. The molecule has 0 fully saturated rings. The van der Waals surface area contributed by atoms with Crippen LogP contribution in [-0.2, 0) is 0 Å². The van der Waals surface area contributed by atoms with Gasteiger partial charge in [0.1, 0.15) is 11.4 Å². The number of nitrogens with zero attached hydrogens (tertiary/aromatic N) is 1. The van der Waals surface area contributed by atoms with Crippen LogP contribution in [0.4, 0.5) is 11.4 Å². The molecule has 1 amide bonds. The molecule has 0 spiro atoms. The zero-order valence-electron chi connectivity index (χ0n) is 10.3. The second-order valence-electron chi connectivity index (χ2n) is 3.77. The molecule has 1 aromatic heterocycles. The molecule has 2 rings (SSSR count). The van der Waals surface area contributed by atoms with E-state index in [0.717, 1.165) is 6.07 Å². The number of H-pyrrole nitrogens is 2. The Morgan fingerprint density at radius 1 is 1.35 bits per heavy atom. The molecule has 0 aliphatic carbocycles. The average molecular weight is 278 g/mol. The van der Waals surface area contributed by atoms with Crippen LogP contribution in [0.2, 0.25) is 0 Å². The number of anilines is 1. The Bertz CT molecular complexity index is 718. The number of nitro benzene ring substituents is 1. The van der Waals surface area contributed by atoms with Crippen molar-refractivity contribution >= 4 is 17.3 Å². The van der Waals surface area contributed by atoms with Gasteiger partial charge < -0.3 is 10.1 Å². The molecule has 3 N–H and O–H groups in total. The van der Waals surface area contributed by atoms with Crippen molar-refractivity contribution in [2.24, 2.45) is 0 Å². The van der Waals surface area contributed by atoms with Crippen LogP contribution in [0.3, 0.4) is 0 Å². The standard InChI is InChI=1S/C11H10N4O5/c1-20-9-4-6(15(18)19)2-3-7(9)12-11(17)8-5-10(16)14-13-8/h2-5H,1H3,(H,12,17)(H2,13,14,16). The quantitative estimate of drug-likeness (QED) is 0.564. The molecule has 0 saturated heterocycles. The lowest BCUT2D eigenvalue weighted by atomic mass is 10.2. The average Bonchev–Trinajstić information content (AvgIpc) is 2.85. The Balaban J connectivity index is 2.27. The van der Waals surface area contributed by atoms with Gasteiger partial charge in [0.2, 0.25) is 0 Å². The Hall–Kier alpha value is -3.10. The largest absolute Gasteiger partial charge is 0.494 e. The predicted octanol–water partition coefficient (Wildman–Crippen LogP) is 0.872. The van der Waals surface area contributed by atoms with Crippen LogP contribution in [0.5, 0.6) is 5.75 Å². The zero-order chi connectivity index (χ0) is 14.7. The molecule has 104 valence electrons. The lowest BCUT2D eigenvalue weighted by molar-refractivity contribution is -0.384. The Morgan fingerprint density at radius 3 is 2.65 bits per heavy atom. The fourth-order valence-corrected chi connectivity index (χ4v) is 1.54. The number of methoxy groups -OCH3 is 1. The summed E-state index contributed by atoms with van der Waals surface area (Å²) in [5.41, 5.74) is -0.304. The van der Waals surface area contributed by atoms with Crippen molar-refractivity contribution < 1.29 is 14.5 Å². The maximum absolute atomic E-state index is 11.8. The summed E-state index contributed by atoms with van der Waals surface area (Å²) >= 11 is 0. The molecule has 2 aromatic rings. The van der Waals surface area contributed by atoms with E-state index in [1.54, 1.807) is 0 Å². The molecule has 20 heavy (non-hydrogen) atoms. The van der Waals surface area contributed by atoms with E-state index in [2.05, 4.69) is 15.5 Å². The maximum atomic E-state index is 11.8. The van der Waals surface area contributed by atoms with Gasteiger partial charge in [-0.1, -0.05) is 0 Å². The number of hydrogen-bond donors (Lipinski definition) is 3. The molecular weight excluding hydrogens is 268 g/mol. The van der Waals surface area contributed by atoms with Crippen LogP contribution in [0, 0.1) is 10.1 Å². The first-order valence-corrected chi connectivity index (χ1v) is 5.42. The Kier molecular flexibility index (Phi) is 3.51. The van der Waals surface area contributed by atoms with Gasteiger partial charge in [0, 0.05) is 12.1 Å². The van der Waals surface area contributed by atoms with Crippen LogP contribution in [0.15, 0.2) is 29.1 Å². The zero-order valence-corrected chi connectivity index (χ0v) is 10.3. The normalized spacial score (nSPS) is 10.1. The molecule has 1 heterocycles. The summed E-state index contributed by atoms with van der Waals surface area (Å²) in [6.45, 7) is 0. The predicted molar refractivity (Wildman–Crippen MR) is 69.0 cm³/mol. The summed E-state index contributed by atoms with van der Waals surface area (Å²) in [6, 6.07) is 4.86. The summed E-state index contributed by atoms with van der Waals surface area (Å²) < 4.78 is 4.98.